The molecule has 100 valence electrons. The Labute approximate surface area is 106 Å². The van der Waals surface area contributed by atoms with Crippen molar-refractivity contribution >= 4 is 5.78 Å². The van der Waals surface area contributed by atoms with Crippen LogP contribution < -0.4 is 0 Å². The number of carbonyl (C=O) groups is 1. The van der Waals surface area contributed by atoms with E-state index in [0.29, 0.717) is 12.4 Å². The van der Waals surface area contributed by atoms with Crippen molar-refractivity contribution < 1.29 is 9.53 Å². The van der Waals surface area contributed by atoms with Crippen LogP contribution in [0.1, 0.15) is 66.2 Å². The summed E-state index contributed by atoms with van der Waals surface area (Å²) in [7, 11) is 0. The Morgan fingerprint density at radius 1 is 1.18 bits per heavy atom. The first-order valence-corrected chi connectivity index (χ1v) is 7.25. The molecule has 0 amide bonds. The Morgan fingerprint density at radius 2 is 1.76 bits per heavy atom. The number of rotatable bonds is 6. The van der Waals surface area contributed by atoms with Crippen LogP contribution in [0.4, 0.5) is 0 Å². The summed E-state index contributed by atoms with van der Waals surface area (Å²) in [5, 5.41) is 0. The lowest BCUT2D eigenvalue weighted by Gasteiger charge is -2.34. The molecule has 0 aromatic rings. The lowest BCUT2D eigenvalue weighted by atomic mass is 9.75. The maximum Gasteiger partial charge on any atom is 0.167 e. The van der Waals surface area contributed by atoms with Gasteiger partial charge in [0.2, 0.25) is 0 Å². The summed E-state index contributed by atoms with van der Waals surface area (Å²) in [4.78, 5) is 12.5. The van der Waals surface area contributed by atoms with E-state index in [1.807, 2.05) is 20.8 Å². The van der Waals surface area contributed by atoms with Gasteiger partial charge < -0.3 is 4.74 Å². The molecule has 1 aliphatic rings. The van der Waals surface area contributed by atoms with Crippen molar-refractivity contribution in [3.8, 4) is 0 Å². The van der Waals surface area contributed by atoms with Crippen molar-refractivity contribution in [3.63, 3.8) is 0 Å². The molecule has 0 aliphatic heterocycles. The van der Waals surface area contributed by atoms with Crippen LogP contribution >= 0.6 is 0 Å². The zero-order valence-electron chi connectivity index (χ0n) is 11.9. The van der Waals surface area contributed by atoms with Gasteiger partial charge in [-0.15, -0.1) is 0 Å². The molecule has 0 bridgehead atoms. The van der Waals surface area contributed by atoms with Gasteiger partial charge in [-0.25, -0.2) is 0 Å². The summed E-state index contributed by atoms with van der Waals surface area (Å²) in [6.45, 7) is 8.86. The van der Waals surface area contributed by atoms with E-state index in [4.69, 9.17) is 4.74 Å². The van der Waals surface area contributed by atoms with Crippen molar-refractivity contribution in [1.29, 1.82) is 0 Å². The molecular weight excluding hydrogens is 212 g/mol. The maximum atomic E-state index is 12.5. The van der Waals surface area contributed by atoms with Gasteiger partial charge in [0.05, 0.1) is 0 Å². The van der Waals surface area contributed by atoms with Crippen LogP contribution in [-0.4, -0.2) is 18.0 Å². The average molecular weight is 240 g/mol. The number of carbonyl (C=O) groups excluding carboxylic acids is 1. The number of hydrogen-bond donors (Lipinski definition) is 0. The van der Waals surface area contributed by atoms with Gasteiger partial charge in [-0.1, -0.05) is 20.3 Å². The summed E-state index contributed by atoms with van der Waals surface area (Å²) < 4.78 is 5.70. The molecule has 1 unspecified atom stereocenters. The predicted octanol–water partition coefficient (Wildman–Crippen LogP) is 3.98. The fourth-order valence-electron chi connectivity index (χ4n) is 2.93. The molecule has 1 rings (SSSR count). The van der Waals surface area contributed by atoms with E-state index in [0.717, 1.165) is 25.2 Å². The Hall–Kier alpha value is -0.370. The number of ketones is 1. The van der Waals surface area contributed by atoms with E-state index < -0.39 is 5.60 Å². The van der Waals surface area contributed by atoms with Crippen LogP contribution in [0.3, 0.4) is 0 Å². The SMILES string of the molecule is CCOC(C)(CC)C(=O)C1CCC(CC)CC1. The van der Waals surface area contributed by atoms with Crippen molar-refractivity contribution in [3.05, 3.63) is 0 Å². The van der Waals surface area contributed by atoms with Gasteiger partial charge in [-0.3, -0.25) is 4.79 Å². The van der Waals surface area contributed by atoms with Crippen LogP contribution in [0.25, 0.3) is 0 Å². The second kappa shape index (κ2) is 6.53. The number of hydrogen-bond acceptors (Lipinski definition) is 2. The Bertz CT molecular complexity index is 241. The summed E-state index contributed by atoms with van der Waals surface area (Å²) in [5.74, 6) is 1.43. The van der Waals surface area contributed by atoms with Crippen LogP contribution in [0.15, 0.2) is 0 Å². The minimum absolute atomic E-state index is 0.245. The molecule has 0 aromatic heterocycles. The fourth-order valence-corrected chi connectivity index (χ4v) is 2.93. The zero-order valence-corrected chi connectivity index (χ0v) is 11.9. The second-order valence-corrected chi connectivity index (χ2v) is 5.51. The monoisotopic (exact) mass is 240 g/mol. The quantitative estimate of drug-likeness (QED) is 0.702. The van der Waals surface area contributed by atoms with Gasteiger partial charge in [0.1, 0.15) is 5.60 Å². The molecule has 0 N–H and O–H groups in total. The maximum absolute atomic E-state index is 12.5. The van der Waals surface area contributed by atoms with Crippen LogP contribution in [0.2, 0.25) is 0 Å². The first-order chi connectivity index (χ1) is 8.07. The average Bonchev–Trinajstić information content (AvgIpc) is 2.38. The third kappa shape index (κ3) is 3.54. The Balaban J connectivity index is 2.58. The molecule has 1 fully saturated rings. The largest absolute Gasteiger partial charge is 0.368 e. The van der Waals surface area contributed by atoms with E-state index in [-0.39, 0.29) is 5.92 Å². The Morgan fingerprint density at radius 3 is 2.18 bits per heavy atom. The van der Waals surface area contributed by atoms with Gasteiger partial charge in [0.25, 0.3) is 0 Å². The molecule has 0 saturated heterocycles. The third-order valence-electron chi connectivity index (χ3n) is 4.45. The van der Waals surface area contributed by atoms with Crippen LogP contribution in [0, 0.1) is 11.8 Å². The van der Waals surface area contributed by atoms with Crippen molar-refractivity contribution in [1.82, 2.24) is 0 Å². The third-order valence-corrected chi connectivity index (χ3v) is 4.45. The van der Waals surface area contributed by atoms with Crippen LogP contribution in [0.5, 0.6) is 0 Å². The Kier molecular flexibility index (Phi) is 5.64. The van der Waals surface area contributed by atoms with Gasteiger partial charge in [-0.05, 0) is 51.9 Å². The normalized spacial score (nSPS) is 28.7. The minimum Gasteiger partial charge on any atom is -0.368 e. The number of Topliss-reactive ketones (excluding diaryl/α,β-unsaturated/α-hetero) is 1. The highest BCUT2D eigenvalue weighted by Crippen LogP contribution is 2.34. The topological polar surface area (TPSA) is 26.3 Å². The fraction of sp³-hybridized carbons (Fsp3) is 0.933. The van der Waals surface area contributed by atoms with E-state index in [1.54, 1.807) is 0 Å². The molecule has 2 heteroatoms. The predicted molar refractivity (Wildman–Crippen MR) is 71.1 cm³/mol. The molecule has 17 heavy (non-hydrogen) atoms. The lowest BCUT2D eigenvalue weighted by molar-refractivity contribution is -0.148. The van der Waals surface area contributed by atoms with Crippen molar-refractivity contribution in [2.24, 2.45) is 11.8 Å². The first kappa shape index (κ1) is 14.7. The van der Waals surface area contributed by atoms with Gasteiger partial charge >= 0.3 is 0 Å². The van der Waals surface area contributed by atoms with Gasteiger partial charge in [-0.2, -0.15) is 0 Å². The van der Waals surface area contributed by atoms with E-state index in [1.165, 1.54) is 19.3 Å². The van der Waals surface area contributed by atoms with E-state index in [2.05, 4.69) is 6.92 Å². The first-order valence-electron chi connectivity index (χ1n) is 7.25. The van der Waals surface area contributed by atoms with E-state index in [9.17, 15) is 4.79 Å². The highest BCUT2D eigenvalue weighted by Gasteiger charge is 2.38. The zero-order chi connectivity index (χ0) is 12.9. The van der Waals surface area contributed by atoms with E-state index >= 15 is 0 Å². The summed E-state index contributed by atoms with van der Waals surface area (Å²) in [5.41, 5.74) is -0.543. The summed E-state index contributed by atoms with van der Waals surface area (Å²) in [6, 6.07) is 0. The smallest absolute Gasteiger partial charge is 0.167 e. The summed E-state index contributed by atoms with van der Waals surface area (Å²) in [6.07, 6.45) is 6.63. The second-order valence-electron chi connectivity index (χ2n) is 5.51. The molecule has 0 spiro atoms. The number of ether oxygens (including phenoxy) is 1. The van der Waals surface area contributed by atoms with Crippen LogP contribution in [-0.2, 0) is 9.53 Å². The highest BCUT2D eigenvalue weighted by atomic mass is 16.5. The molecular formula is C15H28O2. The summed E-state index contributed by atoms with van der Waals surface area (Å²) >= 11 is 0. The molecule has 2 nitrogen and oxygen atoms in total. The van der Waals surface area contributed by atoms with Crippen molar-refractivity contribution in [2.45, 2.75) is 71.8 Å². The highest BCUT2D eigenvalue weighted by molar-refractivity contribution is 5.89. The van der Waals surface area contributed by atoms with Gasteiger partial charge in [0, 0.05) is 12.5 Å². The molecule has 1 saturated carbocycles. The standard InChI is InChI=1S/C15H28O2/c1-5-12-8-10-13(11-9-12)14(16)15(4,6-2)17-7-3/h12-13H,5-11H2,1-4H3. The minimum atomic E-state index is -0.543. The molecule has 0 heterocycles. The van der Waals surface area contributed by atoms with Gasteiger partial charge in [0.15, 0.2) is 5.78 Å². The molecule has 0 radical (unpaired) electrons. The molecule has 1 atom stereocenters. The van der Waals surface area contributed by atoms with Crippen molar-refractivity contribution in [2.75, 3.05) is 6.61 Å². The molecule has 0 aromatic carbocycles. The molecule has 1 aliphatic carbocycles. The lowest BCUT2D eigenvalue weighted by Crippen LogP contribution is -2.43.